The molecule has 1 aromatic heterocycles. The van der Waals surface area contributed by atoms with Gasteiger partial charge in [0.25, 0.3) is 0 Å². The van der Waals surface area contributed by atoms with Crippen LogP contribution in [0.15, 0.2) is 57.7 Å². The number of carbonyl (C=O) groups excluding carboxylic acids is 5. The van der Waals surface area contributed by atoms with Crippen LogP contribution in [0.4, 0.5) is 0 Å². The maximum absolute atomic E-state index is 13.0. The molecular formula is C40H45NO18. The molecule has 59 heavy (non-hydrogen) atoms. The number of ether oxygens (including phenoxy) is 11. The molecular weight excluding hydrogens is 782 g/mol. The number of hydrogen-bond donors (Lipinski definition) is 1. The number of aryl methyl sites for hydroxylation is 1. The summed E-state index contributed by atoms with van der Waals surface area (Å²) in [6.07, 6.45) is -13.3. The molecule has 0 radical (unpaired) electrons. The molecule has 0 saturated carbocycles. The van der Waals surface area contributed by atoms with Crippen molar-refractivity contribution in [1.82, 2.24) is 5.32 Å². The number of esters is 4. The van der Waals surface area contributed by atoms with Crippen LogP contribution in [0.5, 0.6) is 11.5 Å². The minimum Gasteiger partial charge on any atom is -0.497 e. The van der Waals surface area contributed by atoms with Crippen LogP contribution in [0.3, 0.4) is 0 Å². The number of nitrogens with one attached hydrogen (secondary N) is 1. The van der Waals surface area contributed by atoms with E-state index in [4.69, 9.17) is 56.5 Å². The van der Waals surface area contributed by atoms with Crippen LogP contribution in [0.25, 0.3) is 11.0 Å². The van der Waals surface area contributed by atoms with Crippen molar-refractivity contribution in [2.45, 2.75) is 109 Å². The molecule has 19 nitrogen and oxygen atoms in total. The number of rotatable bonds is 12. The molecule has 3 saturated heterocycles. The summed E-state index contributed by atoms with van der Waals surface area (Å²) >= 11 is 0. The predicted molar refractivity (Wildman–Crippen MR) is 198 cm³/mol. The third-order valence-electron chi connectivity index (χ3n) is 9.51. The molecule has 1 unspecified atom stereocenters. The zero-order chi connectivity index (χ0) is 42.5. The Labute approximate surface area is 337 Å². The number of methoxy groups -OCH3 is 1. The van der Waals surface area contributed by atoms with Crippen molar-refractivity contribution in [3.05, 3.63) is 70.1 Å². The van der Waals surface area contributed by atoms with E-state index in [1.54, 1.807) is 43.3 Å². The molecule has 1 amide bonds. The first-order chi connectivity index (χ1) is 28.1. The summed E-state index contributed by atoms with van der Waals surface area (Å²) < 4.78 is 71.2. The van der Waals surface area contributed by atoms with E-state index < -0.39 is 110 Å². The summed E-state index contributed by atoms with van der Waals surface area (Å²) in [5.74, 6) is -2.99. The molecule has 19 heteroatoms. The highest BCUT2D eigenvalue weighted by Gasteiger charge is 2.58. The van der Waals surface area contributed by atoms with Gasteiger partial charge in [0.05, 0.1) is 13.7 Å². The SMILES string of the molecule is COc1ccc(C2OC[C@H]3O[C@H](Oc4ccc5c(C)cc(=O)oc5c4)[C@H](NC(C)=O)[C@@H](O[C@@H]4O[C@H](COC(C)=O)[C@H](OC(C)=O)[C@H](OC(C)=O)[C@H]4OC(C)=O)[C@H]3O2)cc1. The van der Waals surface area contributed by atoms with Crippen LogP contribution in [0, 0.1) is 6.92 Å². The van der Waals surface area contributed by atoms with E-state index in [1.807, 2.05) is 0 Å². The number of hydrogen-bond acceptors (Lipinski definition) is 18. The highest BCUT2D eigenvalue weighted by Crippen LogP contribution is 2.39. The van der Waals surface area contributed by atoms with Crippen molar-refractivity contribution >= 4 is 40.8 Å². The monoisotopic (exact) mass is 827 g/mol. The maximum atomic E-state index is 13.0. The Morgan fingerprint density at radius 3 is 2.05 bits per heavy atom. The summed E-state index contributed by atoms with van der Waals surface area (Å²) in [5.41, 5.74) is 0.935. The van der Waals surface area contributed by atoms with E-state index >= 15 is 0 Å². The first-order valence-electron chi connectivity index (χ1n) is 18.6. The minimum atomic E-state index is -1.68. The van der Waals surface area contributed by atoms with Crippen LogP contribution in [0.2, 0.25) is 0 Å². The molecule has 1 N–H and O–H groups in total. The first-order valence-corrected chi connectivity index (χ1v) is 18.6. The lowest BCUT2D eigenvalue weighted by molar-refractivity contribution is -0.372. The van der Waals surface area contributed by atoms with Crippen molar-refractivity contribution in [2.24, 2.45) is 0 Å². The molecule has 0 bridgehead atoms. The second-order valence-electron chi connectivity index (χ2n) is 14.0. The van der Waals surface area contributed by atoms with Crippen LogP contribution < -0.4 is 20.4 Å². The standard InChI is InChI=1S/C40H45NO18/c1-18-14-31(47)55-28-15-26(12-13-27(18)28)54-39-32(41-19(2)42)35(33-30(56-39)17-50-38(58-33)24-8-10-25(48-7)11-9-24)59-40-37(53-23(6)46)36(52-22(5)45)34(51-21(4)44)29(57-40)16-49-20(3)43/h8-15,29-30,32-40H,16-17H2,1-7H3,(H,41,42)/t29-,30-,32-,33+,34+,35-,36+,37-,38?,39+,40+/m1/s1. The lowest BCUT2D eigenvalue weighted by Crippen LogP contribution is -2.70. The van der Waals surface area contributed by atoms with E-state index in [0.29, 0.717) is 22.3 Å². The van der Waals surface area contributed by atoms with Gasteiger partial charge in [0.15, 0.2) is 30.9 Å². The first kappa shape index (κ1) is 43.0. The van der Waals surface area contributed by atoms with Crippen LogP contribution in [0.1, 0.15) is 52.0 Å². The average Bonchev–Trinajstić information content (AvgIpc) is 3.16. The van der Waals surface area contributed by atoms with Crippen molar-refractivity contribution in [1.29, 1.82) is 0 Å². The average molecular weight is 828 g/mol. The lowest BCUT2D eigenvalue weighted by Gasteiger charge is -2.51. The second kappa shape index (κ2) is 18.5. The van der Waals surface area contributed by atoms with Crippen LogP contribution in [-0.4, -0.2) is 111 Å². The highest BCUT2D eigenvalue weighted by molar-refractivity contribution is 5.81. The van der Waals surface area contributed by atoms with Gasteiger partial charge in [-0.3, -0.25) is 24.0 Å². The Kier molecular flexibility index (Phi) is 13.5. The van der Waals surface area contributed by atoms with Gasteiger partial charge in [-0.05, 0) is 36.8 Å². The molecule has 3 aliphatic rings. The molecule has 2 aromatic carbocycles. The van der Waals surface area contributed by atoms with Gasteiger partial charge in [0.1, 0.15) is 54.1 Å². The van der Waals surface area contributed by atoms with E-state index in [9.17, 15) is 28.8 Å². The Bertz CT molecular complexity index is 2080. The summed E-state index contributed by atoms with van der Waals surface area (Å²) in [4.78, 5) is 74.7. The van der Waals surface area contributed by atoms with Crippen molar-refractivity contribution < 1.29 is 80.5 Å². The van der Waals surface area contributed by atoms with Gasteiger partial charge in [-0.1, -0.05) is 12.1 Å². The van der Waals surface area contributed by atoms with E-state index in [2.05, 4.69) is 5.32 Å². The van der Waals surface area contributed by atoms with Crippen molar-refractivity contribution in [3.63, 3.8) is 0 Å². The second-order valence-corrected chi connectivity index (χ2v) is 14.0. The van der Waals surface area contributed by atoms with Gasteiger partial charge < -0.3 is 61.8 Å². The summed E-state index contributed by atoms with van der Waals surface area (Å²) in [7, 11) is 1.53. The summed E-state index contributed by atoms with van der Waals surface area (Å²) in [6.45, 7) is 6.85. The van der Waals surface area contributed by atoms with Gasteiger partial charge in [0, 0.05) is 57.7 Å². The molecule has 6 rings (SSSR count). The third-order valence-corrected chi connectivity index (χ3v) is 9.51. The van der Waals surface area contributed by atoms with Crippen LogP contribution >= 0.6 is 0 Å². The fourth-order valence-corrected chi connectivity index (χ4v) is 7.12. The molecule has 318 valence electrons. The molecule has 3 fully saturated rings. The highest BCUT2D eigenvalue weighted by atomic mass is 16.8. The molecule has 3 aromatic rings. The third kappa shape index (κ3) is 10.4. The van der Waals surface area contributed by atoms with E-state index in [1.165, 1.54) is 26.2 Å². The fourth-order valence-electron chi connectivity index (χ4n) is 7.12. The van der Waals surface area contributed by atoms with Gasteiger partial charge >= 0.3 is 29.5 Å². The molecule has 11 atom stereocenters. The van der Waals surface area contributed by atoms with Crippen molar-refractivity contribution in [3.8, 4) is 11.5 Å². The Morgan fingerprint density at radius 1 is 0.746 bits per heavy atom. The largest absolute Gasteiger partial charge is 0.497 e. The van der Waals surface area contributed by atoms with Crippen LogP contribution in [-0.2, 0) is 66.6 Å². The zero-order valence-corrected chi connectivity index (χ0v) is 33.2. The molecule has 0 aliphatic carbocycles. The summed E-state index contributed by atoms with van der Waals surface area (Å²) in [6, 6.07) is 11.8. The van der Waals surface area contributed by atoms with Gasteiger partial charge in [-0.2, -0.15) is 0 Å². The van der Waals surface area contributed by atoms with E-state index in [0.717, 1.165) is 27.7 Å². The molecule has 0 spiro atoms. The minimum absolute atomic E-state index is 0.0851. The summed E-state index contributed by atoms with van der Waals surface area (Å²) in [5, 5.41) is 3.48. The van der Waals surface area contributed by atoms with Crippen molar-refractivity contribution in [2.75, 3.05) is 20.3 Å². The number of carbonyl (C=O) groups is 5. The smallest absolute Gasteiger partial charge is 0.336 e. The number of benzene rings is 2. The van der Waals surface area contributed by atoms with Gasteiger partial charge in [-0.15, -0.1) is 0 Å². The maximum Gasteiger partial charge on any atom is 0.336 e. The van der Waals surface area contributed by atoms with Gasteiger partial charge in [0.2, 0.25) is 12.2 Å². The Hall–Kier alpha value is -5.60. The molecule has 3 aliphatic heterocycles. The number of amides is 1. The van der Waals surface area contributed by atoms with E-state index in [-0.39, 0.29) is 17.9 Å². The predicted octanol–water partition coefficient (Wildman–Crippen LogP) is 2.30. The Balaban J connectivity index is 1.43. The zero-order valence-electron chi connectivity index (χ0n) is 33.2. The molecule has 4 heterocycles. The number of fused-ring (bicyclic) bond motifs is 2. The lowest BCUT2D eigenvalue weighted by atomic mass is 9.94. The normalized spacial score (nSPS) is 29.0. The topological polar surface area (TPSA) is 229 Å². The fraction of sp³-hybridized carbons (Fsp3) is 0.500. The van der Waals surface area contributed by atoms with Gasteiger partial charge in [-0.25, -0.2) is 4.79 Å². The quantitative estimate of drug-likeness (QED) is 0.157. The Morgan fingerprint density at radius 2 is 1.41 bits per heavy atom.